The fourth-order valence-electron chi connectivity index (χ4n) is 31.8. The number of ether oxygens (including phenoxy) is 8. The number of allylic oxidation sites excluding steroid dienone is 10. The quantitative estimate of drug-likeness (QED) is 0.0789. The predicted molar refractivity (Wildman–Crippen MR) is 441 cm³/mol. The van der Waals surface area contributed by atoms with Crippen LogP contribution in [0.5, 0.6) is 0 Å². The van der Waals surface area contributed by atoms with Gasteiger partial charge in [-0.25, -0.2) is 22.0 Å². The van der Waals surface area contributed by atoms with E-state index in [-0.39, 0.29) is 109 Å². The van der Waals surface area contributed by atoms with Crippen molar-refractivity contribution in [2.24, 2.45) is 102 Å². The first kappa shape index (κ1) is 94.1. The van der Waals surface area contributed by atoms with Gasteiger partial charge in [-0.1, -0.05) is 59.3 Å². The Hall–Kier alpha value is -6.13. The molecule has 25 nitrogen and oxygen atoms in total. The smallest absolute Gasteiger partial charge is 0.303 e. The number of carbonyl (C=O) groups is 10. The van der Waals surface area contributed by atoms with E-state index < -0.39 is 247 Å². The van der Waals surface area contributed by atoms with Gasteiger partial charge in [0.2, 0.25) is 11.6 Å². The molecule has 16 aliphatic carbocycles. The van der Waals surface area contributed by atoms with Crippen molar-refractivity contribution in [1.29, 1.82) is 0 Å². The number of aliphatic hydroxyl groups excluding tert-OH is 6. The Bertz CT molecular complexity index is 4860. The van der Waals surface area contributed by atoms with E-state index in [4.69, 9.17) is 37.9 Å². The van der Waals surface area contributed by atoms with Gasteiger partial charge in [-0.2, -0.15) is 0 Å². The maximum absolute atomic E-state index is 17.3. The number of aliphatic hydroxyl groups is 7. The lowest BCUT2D eigenvalue weighted by atomic mass is 9.44. The van der Waals surface area contributed by atoms with Crippen LogP contribution in [-0.2, 0) is 85.8 Å². The Morgan fingerprint density at radius 1 is 0.433 bits per heavy atom. The second-order valence-electron chi connectivity index (χ2n) is 44.2. The average molecular weight is 1790 g/mol. The van der Waals surface area contributed by atoms with Gasteiger partial charge in [-0.15, -0.1) is 0 Å². The first-order chi connectivity index (χ1) is 58.8. The highest BCUT2D eigenvalue weighted by molar-refractivity contribution is 6.02. The number of hydrogen-bond donors (Lipinski definition) is 7. The molecular formula is C97H127F5O25. The molecule has 34 atom stereocenters. The number of hydrogen-bond acceptors (Lipinski definition) is 25. The van der Waals surface area contributed by atoms with E-state index in [0.29, 0.717) is 50.5 Å². The van der Waals surface area contributed by atoms with E-state index in [1.807, 2.05) is 20.8 Å². The van der Waals surface area contributed by atoms with E-state index in [1.165, 1.54) is 58.1 Å². The topological polar surface area (TPSA) is 386 Å². The Morgan fingerprint density at radius 2 is 0.827 bits per heavy atom. The van der Waals surface area contributed by atoms with Crippen LogP contribution in [0.25, 0.3) is 0 Å². The van der Waals surface area contributed by atoms with Crippen molar-refractivity contribution in [3.63, 3.8) is 0 Å². The number of carbonyl (C=O) groups excluding carboxylic acids is 10. The summed E-state index contributed by atoms with van der Waals surface area (Å²) < 4.78 is 128. The molecular weight excluding hydrogens is 1660 g/mol. The van der Waals surface area contributed by atoms with Crippen molar-refractivity contribution >= 4 is 58.2 Å². The molecule has 3 aliphatic heterocycles. The number of rotatable bonds is 10. The number of Topliss-reactive ketones (excluding diaryl/α,β-unsaturated/α-hetero) is 4. The van der Waals surface area contributed by atoms with Crippen LogP contribution < -0.4 is 0 Å². The zero-order chi connectivity index (χ0) is 93.0. The highest BCUT2D eigenvalue weighted by Gasteiger charge is 2.85. The van der Waals surface area contributed by atoms with Crippen LogP contribution in [0.2, 0.25) is 0 Å². The normalized spacial score (nSPS) is 50.4. The minimum Gasteiger partial charge on any atom is -0.458 e. The van der Waals surface area contributed by atoms with Crippen LogP contribution in [0.1, 0.15) is 226 Å². The summed E-state index contributed by atoms with van der Waals surface area (Å²) in [6.07, 6.45) is 5.91. The summed E-state index contributed by atoms with van der Waals surface area (Å²) in [5, 5.41) is 76.7. The summed E-state index contributed by atoms with van der Waals surface area (Å²) in [6, 6.07) is 0. The molecule has 0 aromatic carbocycles. The van der Waals surface area contributed by atoms with Gasteiger partial charge in [-0.3, -0.25) is 47.9 Å². The fraction of sp³-hybridized carbons (Fsp3) is 0.773. The van der Waals surface area contributed by atoms with Crippen molar-refractivity contribution in [1.82, 2.24) is 0 Å². The third kappa shape index (κ3) is 12.9. The predicted octanol–water partition coefficient (Wildman–Crippen LogP) is 10.2. The molecule has 7 N–H and O–H groups in total. The van der Waals surface area contributed by atoms with Gasteiger partial charge in [0.15, 0.2) is 93.4 Å². The monoisotopic (exact) mass is 1790 g/mol. The summed E-state index contributed by atoms with van der Waals surface area (Å²) >= 11 is 0. The molecule has 700 valence electrons. The summed E-state index contributed by atoms with van der Waals surface area (Å²) in [4.78, 5) is 123. The Balaban J connectivity index is 0.000000125. The van der Waals surface area contributed by atoms with Crippen LogP contribution in [0, 0.1) is 102 Å². The third-order valence-electron chi connectivity index (χ3n) is 37.0. The SMILES string of the molecule is CC(=O)OCC(=O)C1(O)CCC2C3CCC4=CC(=O)CCC4(C)C3C(O)CC21C.CC(=O)OCC(=O)C12OC(C)(C)OC1CC1C3CC(F)C4=CC(=O)C=CC4(C)C3(F)C(O)CC12C.CC1(C)OC2CC3C4CC(F)C5=CC(=O)C=CC5(C)C4(F)C(O)CC3(C)C2(C(=O)CO)O1.CC1(C)OC2CC3C4CC(F)C5=CC(=O)CCC5(C)C4C(O)CC3(C)C2(C(=O)CO)O1. The first-order valence-electron chi connectivity index (χ1n) is 45.7. The fourth-order valence-corrected chi connectivity index (χ4v) is 31.8. The molecule has 15 fully saturated rings. The molecule has 0 bridgehead atoms. The molecule has 30 heteroatoms. The molecule has 0 aromatic rings. The van der Waals surface area contributed by atoms with Crippen LogP contribution in [-0.4, -0.2) is 233 Å². The zero-order valence-electron chi connectivity index (χ0n) is 75.6. The number of fused-ring (bicyclic) bond motifs is 26. The summed E-state index contributed by atoms with van der Waals surface area (Å²) in [6.45, 7) is 24.9. The Morgan fingerprint density at radius 3 is 1.28 bits per heavy atom. The Labute approximate surface area is 736 Å². The van der Waals surface area contributed by atoms with E-state index in [2.05, 4.69) is 6.92 Å². The molecule has 12 saturated carbocycles. The van der Waals surface area contributed by atoms with Gasteiger partial charge in [0.1, 0.15) is 37.3 Å². The largest absolute Gasteiger partial charge is 0.458 e. The lowest BCUT2D eigenvalue weighted by Crippen LogP contribution is -2.71. The summed E-state index contributed by atoms with van der Waals surface area (Å²) in [5.74, 6) is -10.1. The van der Waals surface area contributed by atoms with E-state index in [9.17, 15) is 83.7 Å². The maximum atomic E-state index is 17.3. The molecule has 0 radical (unpaired) electrons. The lowest BCUT2D eigenvalue weighted by Gasteiger charge is -2.63. The van der Waals surface area contributed by atoms with E-state index >= 15 is 22.0 Å². The maximum Gasteiger partial charge on any atom is 0.303 e. The van der Waals surface area contributed by atoms with Crippen molar-refractivity contribution in [3.05, 3.63) is 70.9 Å². The van der Waals surface area contributed by atoms with Crippen molar-refractivity contribution in [3.8, 4) is 0 Å². The highest BCUT2D eigenvalue weighted by atomic mass is 19.2. The van der Waals surface area contributed by atoms with Crippen LogP contribution in [0.3, 0.4) is 0 Å². The minimum absolute atomic E-state index is 0.0406. The van der Waals surface area contributed by atoms with Crippen molar-refractivity contribution in [2.75, 3.05) is 26.4 Å². The summed E-state index contributed by atoms with van der Waals surface area (Å²) in [5.41, 5.74) is -16.3. The van der Waals surface area contributed by atoms with Crippen LogP contribution in [0.4, 0.5) is 22.0 Å². The molecule has 3 saturated heterocycles. The van der Waals surface area contributed by atoms with Gasteiger partial charge in [-0.05, 0) is 269 Å². The number of alkyl halides is 5. The van der Waals surface area contributed by atoms with Gasteiger partial charge in [0, 0.05) is 71.0 Å². The van der Waals surface area contributed by atoms with Gasteiger partial charge >= 0.3 is 11.9 Å². The highest BCUT2D eigenvalue weighted by Crippen LogP contribution is 2.78. The van der Waals surface area contributed by atoms with Crippen LogP contribution >= 0.6 is 0 Å². The molecule has 0 amide bonds. The van der Waals surface area contributed by atoms with Gasteiger partial charge < -0.3 is 73.6 Å². The van der Waals surface area contributed by atoms with Crippen molar-refractivity contribution < 1.29 is 144 Å². The van der Waals surface area contributed by atoms with Gasteiger partial charge in [0.25, 0.3) is 0 Å². The molecule has 0 spiro atoms. The van der Waals surface area contributed by atoms with E-state index in [0.717, 1.165) is 43.4 Å². The number of halogens is 5. The third-order valence-corrected chi connectivity index (χ3v) is 37.0. The number of ketones is 8. The first-order valence-corrected chi connectivity index (χ1v) is 45.7. The van der Waals surface area contributed by atoms with Crippen molar-refractivity contribution in [2.45, 2.75) is 339 Å². The molecule has 3 heterocycles. The minimum atomic E-state index is -2.27. The zero-order valence-corrected chi connectivity index (χ0v) is 75.6. The molecule has 19 aliphatic rings. The molecule has 19 rings (SSSR count). The lowest BCUT2D eigenvalue weighted by molar-refractivity contribution is -0.249. The second kappa shape index (κ2) is 30.4. The molecule has 34 unspecified atom stereocenters. The Kier molecular flexibility index (Phi) is 22.6. The standard InChI is InChI=1S/C26H32F2O7.C24H30F2O6.C24H33FO6.C23H32O6/c1-13(29)33-12-20(32)26-21(34-22(2,3)35-26)10-15-16-9-18(27)17-8-14(30)6-7-23(17,4)25(16,28)19(31)11-24(15,26)5;1-20(2)31-19-9-13-14-8-16(25)15-7-12(28)5-6-21(15,3)23(14,26)17(29)10-22(13,4)24(19,32-20)18(30)11-27;1-21(2)30-19-9-14-13-8-16(25)15-7-12(27)5-6-22(15,3)20(13)17(28)10-23(14,4)24(19,31-21)18(29)11-26;1-13(24)29-12-19(27)23(28)9-7-17-16-5-4-14-10-15(25)6-8-21(14,2)20(16)18(26)11-22(17,23)3/h6-8,15-16,18-19,21,31H,9-12H2,1-5H3;5-7,13-14,16-17,19,27,29H,8-11H2,1-4H3;7,13-14,16-17,19-20,26,28H,5-6,8-11H2,1-4H3;10,16-18,20,26,28H,4-9,11-12H2,1-3H3. The average Bonchev–Trinajstić information content (AvgIpc) is 1.47. The van der Waals surface area contributed by atoms with E-state index in [1.54, 1.807) is 61.5 Å². The second-order valence-corrected chi connectivity index (χ2v) is 44.2. The number of esters is 2. The molecule has 0 aromatic heterocycles. The molecule has 127 heavy (non-hydrogen) atoms. The van der Waals surface area contributed by atoms with Crippen LogP contribution in [0.15, 0.2) is 70.9 Å². The van der Waals surface area contributed by atoms with Gasteiger partial charge in [0.05, 0.1) is 42.7 Å². The summed E-state index contributed by atoms with van der Waals surface area (Å²) in [7, 11) is 0.